The maximum atomic E-state index is 6.65. The lowest BCUT2D eigenvalue weighted by molar-refractivity contribution is 0.00578. The topological polar surface area (TPSA) is 31.4 Å². The van der Waals surface area contributed by atoms with E-state index >= 15 is 0 Å². The standard InChI is InChI=1S/C34H32BNO2/c1-32(2)33(3,4)38-35(37-32)30-21-29-31(26-17-9-8-16-25(26)30)27-18-10-11-19-28(27)34(29,23-13-6-5-7-14-23)24-15-12-20-36-22-24/h5-22,27-28H,1-4H3. The third-order valence-corrected chi connectivity index (χ3v) is 9.36. The van der Waals surface area contributed by atoms with Gasteiger partial charge in [0.15, 0.2) is 0 Å². The van der Waals surface area contributed by atoms with Crippen molar-refractivity contribution in [3.05, 3.63) is 132 Å². The van der Waals surface area contributed by atoms with Crippen molar-refractivity contribution >= 4 is 23.4 Å². The fraction of sp³-hybridized carbons (Fsp3) is 0.265. The molecule has 2 heterocycles. The molecule has 3 aromatic carbocycles. The van der Waals surface area contributed by atoms with Gasteiger partial charge in [-0.25, -0.2) is 0 Å². The minimum Gasteiger partial charge on any atom is -0.399 e. The minimum absolute atomic E-state index is 0.214. The molecule has 0 bridgehead atoms. The molecule has 1 aromatic heterocycles. The molecule has 0 amide bonds. The number of aromatic nitrogens is 1. The Morgan fingerprint density at radius 3 is 2.11 bits per heavy atom. The first-order valence-electron chi connectivity index (χ1n) is 13.6. The van der Waals surface area contributed by atoms with E-state index in [-0.39, 0.29) is 11.8 Å². The van der Waals surface area contributed by atoms with Crippen LogP contribution in [0.2, 0.25) is 0 Å². The number of rotatable bonds is 3. The van der Waals surface area contributed by atoms with Crippen molar-refractivity contribution in [1.82, 2.24) is 4.98 Å². The molecule has 2 aliphatic carbocycles. The molecular formula is C34H32BNO2. The maximum absolute atomic E-state index is 6.65. The Morgan fingerprint density at radius 2 is 1.39 bits per heavy atom. The molecule has 4 heteroatoms. The SMILES string of the molecule is CC1(C)OB(c2cc3c(c4ccccc24)C2C=CC=CC2C3(c2ccccc2)c2cccnc2)OC1(C)C. The van der Waals surface area contributed by atoms with Crippen LogP contribution in [0.25, 0.3) is 10.8 Å². The Kier molecular flexibility index (Phi) is 5.14. The molecular weight excluding hydrogens is 465 g/mol. The van der Waals surface area contributed by atoms with Crippen molar-refractivity contribution in [3.8, 4) is 0 Å². The van der Waals surface area contributed by atoms with E-state index in [0.29, 0.717) is 0 Å². The predicted octanol–water partition coefficient (Wildman–Crippen LogP) is 6.71. The number of fused-ring (bicyclic) bond motifs is 5. The van der Waals surface area contributed by atoms with Crippen LogP contribution >= 0.6 is 0 Å². The van der Waals surface area contributed by atoms with Crippen LogP contribution in [0.15, 0.2) is 109 Å². The van der Waals surface area contributed by atoms with E-state index in [1.807, 2.05) is 6.20 Å². The van der Waals surface area contributed by atoms with Crippen LogP contribution in [0.3, 0.4) is 0 Å². The highest BCUT2D eigenvalue weighted by Crippen LogP contribution is 2.60. The van der Waals surface area contributed by atoms with Crippen LogP contribution in [-0.2, 0) is 14.7 Å². The summed E-state index contributed by atoms with van der Waals surface area (Å²) in [5.41, 5.74) is 5.03. The highest BCUT2D eigenvalue weighted by molar-refractivity contribution is 6.65. The summed E-state index contributed by atoms with van der Waals surface area (Å²) < 4.78 is 13.3. The summed E-state index contributed by atoms with van der Waals surface area (Å²) in [7, 11) is -0.453. The van der Waals surface area contributed by atoms with Gasteiger partial charge in [0.25, 0.3) is 0 Å². The van der Waals surface area contributed by atoms with Crippen LogP contribution in [0, 0.1) is 5.92 Å². The monoisotopic (exact) mass is 497 g/mol. The van der Waals surface area contributed by atoms with E-state index in [2.05, 4.69) is 136 Å². The molecule has 1 fully saturated rings. The van der Waals surface area contributed by atoms with E-state index in [1.165, 1.54) is 33.0 Å². The average Bonchev–Trinajstić information content (AvgIpc) is 3.36. The van der Waals surface area contributed by atoms with Gasteiger partial charge in [0.2, 0.25) is 0 Å². The van der Waals surface area contributed by atoms with Gasteiger partial charge in [-0.05, 0) is 72.3 Å². The first kappa shape index (κ1) is 23.6. The minimum atomic E-state index is -0.453. The first-order chi connectivity index (χ1) is 18.3. The van der Waals surface area contributed by atoms with E-state index in [0.717, 1.165) is 5.46 Å². The Bertz CT molecular complexity index is 1530. The Labute approximate surface area is 225 Å². The zero-order chi connectivity index (χ0) is 26.1. The fourth-order valence-corrected chi connectivity index (χ4v) is 6.91. The Balaban J connectivity index is 1.60. The molecule has 7 rings (SSSR count). The normalized spacial score (nSPS) is 26.5. The third kappa shape index (κ3) is 3.14. The average molecular weight is 497 g/mol. The molecule has 0 spiro atoms. The van der Waals surface area contributed by atoms with E-state index in [9.17, 15) is 0 Å². The van der Waals surface area contributed by atoms with Crippen LogP contribution in [0.5, 0.6) is 0 Å². The second kappa shape index (κ2) is 8.27. The second-order valence-electron chi connectivity index (χ2n) is 11.8. The van der Waals surface area contributed by atoms with E-state index in [1.54, 1.807) is 0 Å². The second-order valence-corrected chi connectivity index (χ2v) is 11.8. The molecule has 0 radical (unpaired) electrons. The van der Waals surface area contributed by atoms with Crippen molar-refractivity contribution in [2.75, 3.05) is 0 Å². The number of allylic oxidation sites excluding steroid dienone is 4. The molecule has 1 aliphatic heterocycles. The zero-order valence-electron chi connectivity index (χ0n) is 22.4. The van der Waals surface area contributed by atoms with Crippen molar-refractivity contribution < 1.29 is 9.31 Å². The highest BCUT2D eigenvalue weighted by Gasteiger charge is 2.56. The van der Waals surface area contributed by atoms with Gasteiger partial charge >= 0.3 is 7.12 Å². The predicted molar refractivity (Wildman–Crippen MR) is 155 cm³/mol. The van der Waals surface area contributed by atoms with E-state index in [4.69, 9.17) is 9.31 Å². The lowest BCUT2D eigenvalue weighted by Crippen LogP contribution is -2.41. The summed E-state index contributed by atoms with van der Waals surface area (Å²) in [5, 5.41) is 2.47. The molecule has 3 unspecified atom stereocenters. The molecule has 3 atom stereocenters. The molecule has 0 N–H and O–H groups in total. The van der Waals surface area contributed by atoms with Gasteiger partial charge in [0.05, 0.1) is 16.6 Å². The molecule has 0 saturated carbocycles. The maximum Gasteiger partial charge on any atom is 0.495 e. The summed E-state index contributed by atoms with van der Waals surface area (Å²) in [6.45, 7) is 8.49. The van der Waals surface area contributed by atoms with Crippen molar-refractivity contribution in [3.63, 3.8) is 0 Å². The molecule has 4 aromatic rings. The number of pyridine rings is 1. The number of hydrogen-bond donors (Lipinski definition) is 0. The highest BCUT2D eigenvalue weighted by atomic mass is 16.7. The summed E-state index contributed by atoms with van der Waals surface area (Å²) in [6.07, 6.45) is 13.1. The van der Waals surface area contributed by atoms with Crippen LogP contribution in [-0.4, -0.2) is 23.3 Å². The van der Waals surface area contributed by atoms with Gasteiger partial charge < -0.3 is 9.31 Å². The van der Waals surface area contributed by atoms with E-state index < -0.39 is 23.7 Å². The van der Waals surface area contributed by atoms with Crippen molar-refractivity contribution in [2.45, 2.75) is 50.2 Å². The molecule has 188 valence electrons. The summed E-state index contributed by atoms with van der Waals surface area (Å²) in [6, 6.07) is 26.4. The van der Waals surface area contributed by atoms with Crippen LogP contribution < -0.4 is 5.46 Å². The van der Waals surface area contributed by atoms with Crippen LogP contribution in [0.1, 0.15) is 55.9 Å². The van der Waals surface area contributed by atoms with Gasteiger partial charge in [-0.3, -0.25) is 4.98 Å². The largest absolute Gasteiger partial charge is 0.495 e. The third-order valence-electron chi connectivity index (χ3n) is 9.36. The Morgan fingerprint density at radius 1 is 0.737 bits per heavy atom. The van der Waals surface area contributed by atoms with Gasteiger partial charge in [-0.15, -0.1) is 0 Å². The zero-order valence-corrected chi connectivity index (χ0v) is 22.4. The molecule has 3 nitrogen and oxygen atoms in total. The first-order valence-corrected chi connectivity index (χ1v) is 13.6. The van der Waals surface area contributed by atoms with Crippen molar-refractivity contribution in [1.29, 1.82) is 0 Å². The van der Waals surface area contributed by atoms with Gasteiger partial charge in [-0.2, -0.15) is 0 Å². The lowest BCUT2D eigenvalue weighted by Gasteiger charge is -2.38. The van der Waals surface area contributed by atoms with Gasteiger partial charge in [-0.1, -0.05) is 91.0 Å². The number of benzene rings is 3. The fourth-order valence-electron chi connectivity index (χ4n) is 6.91. The number of hydrogen-bond acceptors (Lipinski definition) is 3. The summed E-state index contributed by atoms with van der Waals surface area (Å²) in [5.74, 6) is 0.457. The van der Waals surface area contributed by atoms with Gasteiger partial charge in [0.1, 0.15) is 0 Å². The quantitative estimate of drug-likeness (QED) is 0.295. The molecule has 1 saturated heterocycles. The van der Waals surface area contributed by atoms with Gasteiger partial charge in [0, 0.05) is 24.2 Å². The molecule has 38 heavy (non-hydrogen) atoms. The number of nitrogens with zero attached hydrogens (tertiary/aromatic N) is 1. The summed E-state index contributed by atoms with van der Waals surface area (Å²) >= 11 is 0. The van der Waals surface area contributed by atoms with Crippen LogP contribution in [0.4, 0.5) is 0 Å². The molecule has 3 aliphatic rings. The van der Waals surface area contributed by atoms with Crippen molar-refractivity contribution in [2.24, 2.45) is 5.92 Å². The smallest absolute Gasteiger partial charge is 0.399 e. The lowest BCUT2D eigenvalue weighted by atomic mass is 9.62. The summed E-state index contributed by atoms with van der Waals surface area (Å²) in [4.78, 5) is 4.62. The Hall–Kier alpha value is -3.47.